The van der Waals surface area contributed by atoms with Crippen LogP contribution in [0, 0.1) is 11.8 Å². The molecule has 0 heterocycles. The zero-order chi connectivity index (χ0) is 10.6. The summed E-state index contributed by atoms with van der Waals surface area (Å²) in [6.45, 7) is 6.03. The Labute approximate surface area is 87.0 Å². The monoisotopic (exact) mass is 196 g/mol. The van der Waals surface area contributed by atoms with Crippen molar-refractivity contribution >= 4 is 6.29 Å². The van der Waals surface area contributed by atoms with Gasteiger partial charge in [0.25, 0.3) is 0 Å². The minimum Gasteiger partial charge on any atom is -0.366 e. The van der Waals surface area contributed by atoms with E-state index in [4.69, 9.17) is 4.74 Å². The van der Waals surface area contributed by atoms with Gasteiger partial charge < -0.3 is 4.74 Å². The number of rotatable bonds is 3. The third kappa shape index (κ3) is 3.41. The molecular formula is C12H20O2. The summed E-state index contributed by atoms with van der Waals surface area (Å²) in [6.07, 6.45) is 8.49. The first-order valence-electron chi connectivity index (χ1n) is 5.39. The minimum atomic E-state index is -0.384. The van der Waals surface area contributed by atoms with E-state index in [-0.39, 0.29) is 17.6 Å². The Morgan fingerprint density at radius 3 is 2.36 bits per heavy atom. The van der Waals surface area contributed by atoms with Gasteiger partial charge in [-0.15, -0.1) is 0 Å². The average molecular weight is 196 g/mol. The summed E-state index contributed by atoms with van der Waals surface area (Å²) in [6, 6.07) is 0. The Morgan fingerprint density at radius 1 is 1.36 bits per heavy atom. The van der Waals surface area contributed by atoms with E-state index in [2.05, 4.69) is 6.42 Å². The van der Waals surface area contributed by atoms with E-state index >= 15 is 0 Å². The molecule has 14 heavy (non-hydrogen) atoms. The standard InChI is InChI=1S/C12H20O2/c1-12(2,3)11(9-13)14-10-7-5-4-6-8-10/h4,10-11H,5-8H2,1-3H3. The van der Waals surface area contributed by atoms with E-state index < -0.39 is 0 Å². The highest BCUT2D eigenvalue weighted by molar-refractivity contribution is 5.58. The van der Waals surface area contributed by atoms with Crippen molar-refractivity contribution in [1.29, 1.82) is 0 Å². The number of ether oxygens (including phenoxy) is 1. The van der Waals surface area contributed by atoms with E-state index in [0.29, 0.717) is 0 Å². The van der Waals surface area contributed by atoms with Crippen LogP contribution in [0.15, 0.2) is 0 Å². The predicted molar refractivity (Wildman–Crippen MR) is 56.6 cm³/mol. The first-order valence-corrected chi connectivity index (χ1v) is 5.39. The molecule has 0 amide bonds. The summed E-state index contributed by atoms with van der Waals surface area (Å²) in [7, 11) is 0. The topological polar surface area (TPSA) is 26.3 Å². The number of carbonyl (C=O) groups excluding carboxylic acids is 1. The maximum atomic E-state index is 10.8. The van der Waals surface area contributed by atoms with E-state index in [0.717, 1.165) is 25.7 Å². The molecule has 0 aromatic heterocycles. The van der Waals surface area contributed by atoms with Gasteiger partial charge in [0.15, 0.2) is 0 Å². The molecule has 1 aliphatic rings. The molecular weight excluding hydrogens is 176 g/mol. The molecule has 1 aliphatic carbocycles. The van der Waals surface area contributed by atoms with Crippen LogP contribution < -0.4 is 0 Å². The molecule has 0 N–H and O–H groups in total. The predicted octanol–water partition coefficient (Wildman–Crippen LogP) is 2.67. The molecule has 2 nitrogen and oxygen atoms in total. The fraction of sp³-hybridized carbons (Fsp3) is 0.833. The van der Waals surface area contributed by atoms with Gasteiger partial charge in [-0.3, -0.25) is 4.79 Å². The lowest BCUT2D eigenvalue weighted by Gasteiger charge is -2.31. The summed E-state index contributed by atoms with van der Waals surface area (Å²) in [4.78, 5) is 10.8. The zero-order valence-electron chi connectivity index (χ0n) is 9.38. The fourth-order valence-corrected chi connectivity index (χ4v) is 1.63. The highest BCUT2D eigenvalue weighted by Gasteiger charge is 2.29. The Morgan fingerprint density at radius 2 is 1.93 bits per heavy atom. The quantitative estimate of drug-likeness (QED) is 0.693. The molecule has 2 heteroatoms. The molecule has 1 rings (SSSR count). The van der Waals surface area contributed by atoms with Gasteiger partial charge >= 0.3 is 0 Å². The maximum Gasteiger partial charge on any atom is 0.230 e. The molecule has 0 aromatic carbocycles. The van der Waals surface area contributed by atoms with Crippen LogP contribution >= 0.6 is 0 Å². The van der Waals surface area contributed by atoms with Crippen molar-refractivity contribution in [2.45, 2.75) is 58.7 Å². The Bertz CT molecular complexity index is 175. The number of hydrogen-bond acceptors (Lipinski definition) is 2. The van der Waals surface area contributed by atoms with Crippen molar-refractivity contribution in [2.24, 2.45) is 5.41 Å². The van der Waals surface area contributed by atoms with Crippen molar-refractivity contribution in [3.05, 3.63) is 6.42 Å². The average Bonchev–Trinajstić information content (AvgIpc) is 2.14. The van der Waals surface area contributed by atoms with Gasteiger partial charge in [-0.05, 0) is 37.5 Å². The van der Waals surface area contributed by atoms with Crippen molar-refractivity contribution in [1.82, 2.24) is 0 Å². The summed E-state index contributed by atoms with van der Waals surface area (Å²) in [5.74, 6) is 0. The van der Waals surface area contributed by atoms with Gasteiger partial charge in [0, 0.05) is 0 Å². The molecule has 2 radical (unpaired) electrons. The van der Waals surface area contributed by atoms with Crippen molar-refractivity contribution in [2.75, 3.05) is 0 Å². The lowest BCUT2D eigenvalue weighted by molar-refractivity contribution is -0.0395. The van der Waals surface area contributed by atoms with Crippen LogP contribution in [0.5, 0.6) is 0 Å². The second kappa shape index (κ2) is 4.92. The van der Waals surface area contributed by atoms with E-state index in [9.17, 15) is 4.79 Å². The molecule has 0 aromatic rings. The van der Waals surface area contributed by atoms with Gasteiger partial charge in [-0.2, -0.15) is 0 Å². The minimum absolute atomic E-state index is 0.136. The van der Waals surface area contributed by atoms with Gasteiger partial charge in [0.1, 0.15) is 6.10 Å². The molecule has 0 aliphatic heterocycles. The molecule has 0 saturated heterocycles. The highest BCUT2D eigenvalue weighted by Crippen LogP contribution is 2.26. The fourth-order valence-electron chi connectivity index (χ4n) is 1.63. The van der Waals surface area contributed by atoms with Crippen LogP contribution in [-0.2, 0) is 9.53 Å². The number of hydrogen-bond donors (Lipinski definition) is 0. The largest absolute Gasteiger partial charge is 0.366 e. The van der Waals surface area contributed by atoms with Crippen LogP contribution in [-0.4, -0.2) is 18.5 Å². The van der Waals surface area contributed by atoms with Crippen LogP contribution in [0.1, 0.15) is 46.5 Å². The lowest BCUT2D eigenvalue weighted by Crippen LogP contribution is -2.35. The normalized spacial score (nSPS) is 21.9. The molecule has 1 atom stereocenters. The molecule has 0 bridgehead atoms. The Kier molecular flexibility index (Phi) is 4.11. The van der Waals surface area contributed by atoms with E-state index in [1.54, 1.807) is 0 Å². The zero-order valence-corrected chi connectivity index (χ0v) is 9.38. The summed E-state index contributed by atoms with van der Waals surface area (Å²) < 4.78 is 5.76. The van der Waals surface area contributed by atoms with E-state index in [1.165, 1.54) is 0 Å². The van der Waals surface area contributed by atoms with Gasteiger partial charge in [-0.1, -0.05) is 20.8 Å². The van der Waals surface area contributed by atoms with Gasteiger partial charge in [-0.25, -0.2) is 0 Å². The van der Waals surface area contributed by atoms with E-state index in [1.807, 2.05) is 27.1 Å². The summed E-state index contributed by atoms with van der Waals surface area (Å²) in [5, 5.41) is 0. The third-order valence-corrected chi connectivity index (χ3v) is 2.61. The highest BCUT2D eigenvalue weighted by atomic mass is 16.5. The first kappa shape index (κ1) is 11.7. The molecule has 1 unspecified atom stereocenters. The second-order valence-corrected chi connectivity index (χ2v) is 5.07. The smallest absolute Gasteiger partial charge is 0.230 e. The molecule has 1 saturated carbocycles. The van der Waals surface area contributed by atoms with Gasteiger partial charge in [0.2, 0.25) is 6.29 Å². The van der Waals surface area contributed by atoms with Crippen LogP contribution in [0.3, 0.4) is 0 Å². The lowest BCUT2D eigenvalue weighted by atomic mass is 9.89. The molecule has 80 valence electrons. The maximum absolute atomic E-state index is 10.8. The third-order valence-electron chi connectivity index (χ3n) is 2.61. The van der Waals surface area contributed by atoms with Crippen LogP contribution in [0.2, 0.25) is 0 Å². The Balaban J connectivity index is 2.43. The van der Waals surface area contributed by atoms with Crippen molar-refractivity contribution in [3.8, 4) is 0 Å². The van der Waals surface area contributed by atoms with Crippen LogP contribution in [0.25, 0.3) is 0 Å². The van der Waals surface area contributed by atoms with Crippen LogP contribution in [0.4, 0.5) is 0 Å². The van der Waals surface area contributed by atoms with Gasteiger partial charge in [0.05, 0.1) is 6.10 Å². The summed E-state index contributed by atoms with van der Waals surface area (Å²) >= 11 is 0. The van der Waals surface area contributed by atoms with Crippen molar-refractivity contribution < 1.29 is 9.53 Å². The molecule has 1 fully saturated rings. The SMILES string of the molecule is CC(C)(C)C([C]=O)OC1CC[CH]CC1. The second-order valence-electron chi connectivity index (χ2n) is 5.07. The first-order chi connectivity index (χ1) is 6.54. The van der Waals surface area contributed by atoms with Crippen molar-refractivity contribution in [3.63, 3.8) is 0 Å². The molecule has 0 spiro atoms. The Hall–Kier alpha value is -0.370. The summed E-state index contributed by atoms with van der Waals surface area (Å²) in [5.41, 5.74) is -0.136.